The molecule has 27 heavy (non-hydrogen) atoms. The van der Waals surface area contributed by atoms with Crippen molar-refractivity contribution in [2.75, 3.05) is 11.9 Å². The van der Waals surface area contributed by atoms with E-state index >= 15 is 0 Å². The van der Waals surface area contributed by atoms with Crippen LogP contribution in [0.25, 0.3) is 0 Å². The zero-order chi connectivity index (χ0) is 19.1. The van der Waals surface area contributed by atoms with Crippen molar-refractivity contribution in [1.29, 1.82) is 0 Å². The van der Waals surface area contributed by atoms with Crippen molar-refractivity contribution >= 4 is 11.6 Å². The van der Waals surface area contributed by atoms with E-state index in [2.05, 4.69) is 5.32 Å². The fourth-order valence-electron chi connectivity index (χ4n) is 2.91. The van der Waals surface area contributed by atoms with Crippen LogP contribution in [-0.2, 0) is 10.4 Å². The highest BCUT2D eigenvalue weighted by atomic mass is 16.5. The number of ether oxygens (including phenoxy) is 1. The van der Waals surface area contributed by atoms with Crippen molar-refractivity contribution in [3.63, 3.8) is 0 Å². The van der Waals surface area contributed by atoms with Crippen LogP contribution >= 0.6 is 0 Å². The second kappa shape index (κ2) is 8.52. The number of carbonyl (C=O) groups excluding carboxylic acids is 1. The smallest absolute Gasteiger partial charge is 0.265 e. The Morgan fingerprint density at radius 2 is 1.41 bits per heavy atom. The van der Waals surface area contributed by atoms with Gasteiger partial charge in [-0.3, -0.25) is 4.79 Å². The van der Waals surface area contributed by atoms with Gasteiger partial charge in [-0.2, -0.15) is 0 Å². The summed E-state index contributed by atoms with van der Waals surface area (Å²) >= 11 is 0. The Bertz CT molecular complexity index is 839. The topological polar surface area (TPSA) is 58.6 Å². The summed E-state index contributed by atoms with van der Waals surface area (Å²) in [5.74, 6) is 0.0450. The summed E-state index contributed by atoms with van der Waals surface area (Å²) in [7, 11) is 0. The van der Waals surface area contributed by atoms with Crippen molar-refractivity contribution < 1.29 is 14.6 Å². The molecule has 0 spiro atoms. The molecule has 0 aromatic heterocycles. The van der Waals surface area contributed by atoms with E-state index in [4.69, 9.17) is 4.74 Å². The molecule has 0 aliphatic heterocycles. The minimum Gasteiger partial charge on any atom is -0.491 e. The van der Waals surface area contributed by atoms with Gasteiger partial charge >= 0.3 is 0 Å². The molecule has 0 unspecified atom stereocenters. The van der Waals surface area contributed by atoms with Crippen LogP contribution in [0.15, 0.2) is 84.9 Å². The van der Waals surface area contributed by atoms with Crippen LogP contribution in [0.2, 0.25) is 0 Å². The predicted octanol–water partition coefficient (Wildman–Crippen LogP) is 4.35. The zero-order valence-electron chi connectivity index (χ0n) is 15.3. The summed E-state index contributed by atoms with van der Waals surface area (Å²) in [5.41, 5.74) is -0.289. The summed E-state index contributed by atoms with van der Waals surface area (Å²) in [6.07, 6.45) is 0.861. The van der Waals surface area contributed by atoms with E-state index in [1.807, 2.05) is 31.2 Å². The molecule has 0 heterocycles. The molecular formula is C23H23NO3. The molecule has 0 fully saturated rings. The van der Waals surface area contributed by atoms with E-state index in [0.717, 1.165) is 6.42 Å². The molecule has 2 N–H and O–H groups in total. The fraction of sp³-hybridized carbons (Fsp3) is 0.174. The number of hydrogen-bond acceptors (Lipinski definition) is 3. The van der Waals surface area contributed by atoms with Crippen LogP contribution in [0.5, 0.6) is 5.75 Å². The zero-order valence-corrected chi connectivity index (χ0v) is 15.3. The number of anilines is 1. The maximum atomic E-state index is 13.2. The number of aliphatic hydroxyl groups is 1. The predicted molar refractivity (Wildman–Crippen MR) is 107 cm³/mol. The van der Waals surface area contributed by atoms with Gasteiger partial charge in [0.15, 0.2) is 5.60 Å². The van der Waals surface area contributed by atoms with Crippen LogP contribution in [0.3, 0.4) is 0 Å². The number of hydrogen-bond donors (Lipinski definition) is 2. The highest BCUT2D eigenvalue weighted by Gasteiger charge is 2.40. The number of carbonyl (C=O) groups is 1. The first-order valence-corrected chi connectivity index (χ1v) is 9.03. The summed E-state index contributed by atoms with van der Waals surface area (Å²) in [6.45, 7) is 2.57. The van der Waals surface area contributed by atoms with E-state index in [1.165, 1.54) is 0 Å². The lowest BCUT2D eigenvalue weighted by molar-refractivity contribution is -0.131. The Morgan fingerprint density at radius 1 is 0.889 bits per heavy atom. The fourth-order valence-corrected chi connectivity index (χ4v) is 2.91. The first kappa shape index (κ1) is 18.7. The Labute approximate surface area is 159 Å². The highest BCUT2D eigenvalue weighted by molar-refractivity contribution is 6.01. The number of nitrogens with one attached hydrogen (secondary N) is 1. The SMILES string of the molecule is CCCOc1ccccc1NC(=O)C(O)(c1ccccc1)c1ccccc1. The Hall–Kier alpha value is -3.11. The van der Waals surface area contributed by atoms with Gasteiger partial charge in [0.05, 0.1) is 12.3 Å². The number of amides is 1. The van der Waals surface area contributed by atoms with Crippen LogP contribution < -0.4 is 10.1 Å². The van der Waals surface area contributed by atoms with Gasteiger partial charge in [-0.25, -0.2) is 0 Å². The maximum absolute atomic E-state index is 13.2. The maximum Gasteiger partial charge on any atom is 0.265 e. The van der Waals surface area contributed by atoms with Crippen molar-refractivity contribution in [2.45, 2.75) is 18.9 Å². The first-order valence-electron chi connectivity index (χ1n) is 9.03. The van der Waals surface area contributed by atoms with Gasteiger partial charge in [0.1, 0.15) is 5.75 Å². The second-order valence-corrected chi connectivity index (χ2v) is 6.24. The van der Waals surface area contributed by atoms with Gasteiger partial charge in [0.25, 0.3) is 5.91 Å². The van der Waals surface area contributed by atoms with Gasteiger partial charge in [-0.05, 0) is 29.7 Å². The summed E-state index contributed by atoms with van der Waals surface area (Å²) in [5, 5.41) is 14.3. The van der Waals surface area contributed by atoms with Gasteiger partial charge in [0.2, 0.25) is 0 Å². The van der Waals surface area contributed by atoms with Crippen LogP contribution in [0.1, 0.15) is 24.5 Å². The quantitative estimate of drug-likeness (QED) is 0.658. The molecule has 0 bridgehead atoms. The Morgan fingerprint density at radius 3 is 1.96 bits per heavy atom. The van der Waals surface area contributed by atoms with Gasteiger partial charge in [-0.15, -0.1) is 0 Å². The molecule has 4 heteroatoms. The van der Waals surface area contributed by atoms with Crippen LogP contribution in [-0.4, -0.2) is 17.6 Å². The van der Waals surface area contributed by atoms with Crippen molar-refractivity contribution in [2.24, 2.45) is 0 Å². The number of rotatable bonds is 7. The summed E-state index contributed by atoms with van der Waals surface area (Å²) in [4.78, 5) is 13.2. The summed E-state index contributed by atoms with van der Waals surface area (Å²) in [6, 6.07) is 25.1. The molecule has 0 radical (unpaired) electrons. The minimum atomic E-state index is -1.82. The molecule has 4 nitrogen and oxygen atoms in total. The molecule has 138 valence electrons. The third kappa shape index (κ3) is 4.01. The van der Waals surface area contributed by atoms with Gasteiger partial charge in [-0.1, -0.05) is 79.7 Å². The van der Waals surface area contributed by atoms with Crippen molar-refractivity contribution in [1.82, 2.24) is 0 Å². The van der Waals surface area contributed by atoms with Gasteiger partial charge < -0.3 is 15.2 Å². The Kier molecular flexibility index (Phi) is 5.89. The molecule has 3 rings (SSSR count). The molecule has 0 aliphatic rings. The van der Waals surface area contributed by atoms with Gasteiger partial charge in [0, 0.05) is 0 Å². The molecule has 0 atom stereocenters. The lowest BCUT2D eigenvalue weighted by atomic mass is 9.85. The largest absolute Gasteiger partial charge is 0.491 e. The van der Waals surface area contributed by atoms with E-state index < -0.39 is 11.5 Å². The van der Waals surface area contributed by atoms with E-state index in [0.29, 0.717) is 29.2 Å². The van der Waals surface area contributed by atoms with Crippen LogP contribution in [0, 0.1) is 0 Å². The average molecular weight is 361 g/mol. The van der Waals surface area contributed by atoms with Crippen LogP contribution in [0.4, 0.5) is 5.69 Å². The third-order valence-electron chi connectivity index (χ3n) is 4.31. The average Bonchev–Trinajstić information content (AvgIpc) is 2.73. The normalized spacial score (nSPS) is 11.0. The second-order valence-electron chi connectivity index (χ2n) is 6.24. The monoisotopic (exact) mass is 361 g/mol. The molecule has 0 aliphatic carbocycles. The third-order valence-corrected chi connectivity index (χ3v) is 4.31. The Balaban J connectivity index is 1.98. The standard InChI is InChI=1S/C23H23NO3/c1-2-17-27-21-16-10-9-15-20(21)24-22(25)23(26,18-11-5-3-6-12-18)19-13-7-4-8-14-19/h3-16,26H,2,17H2,1H3,(H,24,25). The molecule has 1 amide bonds. The summed E-state index contributed by atoms with van der Waals surface area (Å²) < 4.78 is 5.71. The minimum absolute atomic E-state index is 0.501. The molecule has 0 saturated carbocycles. The first-order chi connectivity index (χ1) is 13.2. The highest BCUT2D eigenvalue weighted by Crippen LogP contribution is 2.33. The number of benzene rings is 3. The lowest BCUT2D eigenvalue weighted by Gasteiger charge is -2.28. The lowest BCUT2D eigenvalue weighted by Crippen LogP contribution is -2.41. The molecule has 3 aromatic carbocycles. The van der Waals surface area contributed by atoms with E-state index in [1.54, 1.807) is 60.7 Å². The van der Waals surface area contributed by atoms with E-state index in [9.17, 15) is 9.90 Å². The molecular weight excluding hydrogens is 338 g/mol. The molecule has 3 aromatic rings. The number of para-hydroxylation sites is 2. The molecule has 0 saturated heterocycles. The van der Waals surface area contributed by atoms with Crippen molar-refractivity contribution in [3.05, 3.63) is 96.1 Å². The van der Waals surface area contributed by atoms with Crippen molar-refractivity contribution in [3.8, 4) is 5.75 Å². The van der Waals surface area contributed by atoms with E-state index in [-0.39, 0.29) is 0 Å².